The number of hydrogen-bond acceptors (Lipinski definition) is 2. The van der Waals surface area contributed by atoms with E-state index in [9.17, 15) is 18.0 Å². The number of fused-ring (bicyclic) bond motifs is 1. The summed E-state index contributed by atoms with van der Waals surface area (Å²) in [6, 6.07) is 9.39. The van der Waals surface area contributed by atoms with Crippen molar-refractivity contribution >= 4 is 50.1 Å². The van der Waals surface area contributed by atoms with Gasteiger partial charge in [-0.05, 0) is 36.4 Å². The van der Waals surface area contributed by atoms with Gasteiger partial charge in [-0.2, -0.15) is 13.2 Å². The summed E-state index contributed by atoms with van der Waals surface area (Å²) < 4.78 is 44.4. The lowest BCUT2D eigenvalue weighted by Gasteiger charge is -2.10. The first kappa shape index (κ1) is 16.9. The molecule has 0 spiro atoms. The van der Waals surface area contributed by atoms with Crippen LogP contribution in [0.15, 0.2) is 51.4 Å². The SMILES string of the molecule is O=C(Nc1cc(C(F)(F)F)ccc1Cl)c1cc2c(Br)cccc2o1. The van der Waals surface area contributed by atoms with Gasteiger partial charge in [-0.3, -0.25) is 4.79 Å². The molecule has 0 saturated carbocycles. The number of anilines is 1. The Bertz CT molecular complexity index is 937. The van der Waals surface area contributed by atoms with Crippen molar-refractivity contribution in [3.05, 3.63) is 63.3 Å². The van der Waals surface area contributed by atoms with Crippen molar-refractivity contribution in [2.24, 2.45) is 0 Å². The number of furan rings is 1. The fourth-order valence-electron chi connectivity index (χ4n) is 2.12. The van der Waals surface area contributed by atoms with Crippen LogP contribution in [0.1, 0.15) is 16.1 Å². The van der Waals surface area contributed by atoms with Crippen LogP contribution >= 0.6 is 27.5 Å². The van der Waals surface area contributed by atoms with Gasteiger partial charge in [0.25, 0.3) is 5.91 Å². The maximum absolute atomic E-state index is 12.8. The van der Waals surface area contributed by atoms with E-state index in [2.05, 4.69) is 21.2 Å². The summed E-state index contributed by atoms with van der Waals surface area (Å²) in [5.74, 6) is -0.732. The van der Waals surface area contributed by atoms with Crippen LogP contribution in [-0.4, -0.2) is 5.91 Å². The van der Waals surface area contributed by atoms with Gasteiger partial charge < -0.3 is 9.73 Å². The van der Waals surface area contributed by atoms with Crippen molar-refractivity contribution in [3.63, 3.8) is 0 Å². The van der Waals surface area contributed by atoms with Crippen LogP contribution < -0.4 is 5.32 Å². The second kappa shape index (κ2) is 6.14. The molecule has 1 heterocycles. The molecular weight excluding hydrogens is 411 g/mol. The summed E-state index contributed by atoms with van der Waals surface area (Å²) in [5.41, 5.74) is -0.574. The first-order chi connectivity index (χ1) is 11.3. The van der Waals surface area contributed by atoms with Gasteiger partial charge in [-0.15, -0.1) is 0 Å². The second-order valence-corrected chi connectivity index (χ2v) is 6.17. The third-order valence-electron chi connectivity index (χ3n) is 3.27. The Morgan fingerprint density at radius 3 is 2.58 bits per heavy atom. The van der Waals surface area contributed by atoms with E-state index in [1.807, 2.05) is 0 Å². The highest BCUT2D eigenvalue weighted by atomic mass is 79.9. The van der Waals surface area contributed by atoms with E-state index in [0.717, 1.165) is 22.7 Å². The van der Waals surface area contributed by atoms with Gasteiger partial charge in [0, 0.05) is 9.86 Å². The number of carbonyl (C=O) groups excluding carboxylic acids is 1. The average molecular weight is 419 g/mol. The zero-order valence-corrected chi connectivity index (χ0v) is 14.1. The lowest BCUT2D eigenvalue weighted by atomic mass is 10.2. The molecule has 0 aliphatic carbocycles. The molecule has 1 aromatic heterocycles. The molecule has 0 aliphatic rings. The molecule has 3 nitrogen and oxygen atoms in total. The second-order valence-electron chi connectivity index (χ2n) is 4.91. The number of alkyl halides is 3. The number of nitrogens with one attached hydrogen (secondary N) is 1. The van der Waals surface area contributed by atoms with Gasteiger partial charge in [0.1, 0.15) is 5.58 Å². The van der Waals surface area contributed by atoms with Crippen LogP contribution in [0, 0.1) is 0 Å². The molecule has 2 aromatic carbocycles. The fraction of sp³-hybridized carbons (Fsp3) is 0.0625. The van der Waals surface area contributed by atoms with E-state index >= 15 is 0 Å². The fourth-order valence-corrected chi connectivity index (χ4v) is 2.75. The topological polar surface area (TPSA) is 42.2 Å². The molecule has 0 bridgehead atoms. The number of halogens is 5. The summed E-state index contributed by atoms with van der Waals surface area (Å²) >= 11 is 9.19. The maximum Gasteiger partial charge on any atom is 0.416 e. The Balaban J connectivity index is 1.92. The third kappa shape index (κ3) is 3.27. The molecule has 1 N–H and O–H groups in total. The minimum atomic E-state index is -4.53. The van der Waals surface area contributed by atoms with E-state index in [4.69, 9.17) is 16.0 Å². The molecular formula is C16H8BrClF3NO2. The van der Waals surface area contributed by atoms with Crippen LogP contribution in [0.25, 0.3) is 11.0 Å². The lowest BCUT2D eigenvalue weighted by Crippen LogP contribution is -2.13. The molecule has 0 saturated heterocycles. The minimum Gasteiger partial charge on any atom is -0.451 e. The summed E-state index contributed by atoms with van der Waals surface area (Å²) in [6.45, 7) is 0. The first-order valence-corrected chi connectivity index (χ1v) is 7.79. The zero-order valence-electron chi connectivity index (χ0n) is 11.7. The Hall–Kier alpha value is -1.99. The van der Waals surface area contributed by atoms with E-state index < -0.39 is 17.6 Å². The smallest absolute Gasteiger partial charge is 0.416 e. The first-order valence-electron chi connectivity index (χ1n) is 6.62. The minimum absolute atomic E-state index is 0.00589. The van der Waals surface area contributed by atoms with Crippen molar-refractivity contribution in [3.8, 4) is 0 Å². The molecule has 3 rings (SSSR count). The lowest BCUT2D eigenvalue weighted by molar-refractivity contribution is -0.137. The number of carbonyl (C=O) groups is 1. The highest BCUT2D eigenvalue weighted by Crippen LogP contribution is 2.34. The Morgan fingerprint density at radius 2 is 1.92 bits per heavy atom. The van der Waals surface area contributed by atoms with Crippen LogP contribution in [0.5, 0.6) is 0 Å². The summed E-state index contributed by atoms with van der Waals surface area (Å²) in [6.07, 6.45) is -4.53. The normalized spacial score (nSPS) is 11.7. The largest absolute Gasteiger partial charge is 0.451 e. The molecule has 1 amide bonds. The highest BCUT2D eigenvalue weighted by Gasteiger charge is 2.31. The van der Waals surface area contributed by atoms with E-state index in [1.54, 1.807) is 18.2 Å². The van der Waals surface area contributed by atoms with Crippen molar-refractivity contribution in [1.82, 2.24) is 0 Å². The zero-order chi connectivity index (χ0) is 17.5. The van der Waals surface area contributed by atoms with Crippen LogP contribution in [-0.2, 0) is 6.18 Å². The molecule has 0 atom stereocenters. The molecule has 0 unspecified atom stereocenters. The number of rotatable bonds is 2. The van der Waals surface area contributed by atoms with E-state index in [0.29, 0.717) is 11.0 Å². The third-order valence-corrected chi connectivity index (χ3v) is 4.30. The predicted octanol–water partition coefficient (Wildman–Crippen LogP) is 6.12. The summed E-state index contributed by atoms with van der Waals surface area (Å²) in [5, 5.41) is 3.01. The maximum atomic E-state index is 12.8. The van der Waals surface area contributed by atoms with E-state index in [1.165, 1.54) is 6.07 Å². The predicted molar refractivity (Wildman–Crippen MR) is 88.3 cm³/mol. The van der Waals surface area contributed by atoms with Gasteiger partial charge in [0.05, 0.1) is 16.3 Å². The van der Waals surface area contributed by atoms with Gasteiger partial charge in [-0.25, -0.2) is 0 Å². The highest BCUT2D eigenvalue weighted by molar-refractivity contribution is 9.10. The van der Waals surface area contributed by atoms with E-state index in [-0.39, 0.29) is 16.5 Å². The van der Waals surface area contributed by atoms with Gasteiger partial charge >= 0.3 is 6.18 Å². The van der Waals surface area contributed by atoms with Crippen LogP contribution in [0.3, 0.4) is 0 Å². The molecule has 8 heteroatoms. The number of benzene rings is 2. The van der Waals surface area contributed by atoms with Crippen LogP contribution in [0.4, 0.5) is 18.9 Å². The van der Waals surface area contributed by atoms with Crippen molar-refractivity contribution in [2.45, 2.75) is 6.18 Å². The summed E-state index contributed by atoms with van der Waals surface area (Å²) in [4.78, 5) is 12.2. The molecule has 0 aliphatic heterocycles. The molecule has 3 aromatic rings. The number of hydrogen-bond donors (Lipinski definition) is 1. The van der Waals surface area contributed by atoms with Crippen LogP contribution in [0.2, 0.25) is 5.02 Å². The molecule has 0 fully saturated rings. The average Bonchev–Trinajstić information content (AvgIpc) is 2.94. The standard InChI is InChI=1S/C16H8BrClF3NO2/c17-10-2-1-3-13-9(10)7-14(24-13)15(23)22-12-6-8(16(19,20)21)4-5-11(12)18/h1-7H,(H,22,23). The molecule has 124 valence electrons. The van der Waals surface area contributed by atoms with Gasteiger partial charge in [0.15, 0.2) is 5.76 Å². The van der Waals surface area contributed by atoms with Gasteiger partial charge in [-0.1, -0.05) is 33.6 Å². The Morgan fingerprint density at radius 1 is 1.17 bits per heavy atom. The molecule has 24 heavy (non-hydrogen) atoms. The Labute approximate surface area is 147 Å². The van der Waals surface area contributed by atoms with Crippen molar-refractivity contribution in [1.29, 1.82) is 0 Å². The molecule has 0 radical (unpaired) electrons. The Kier molecular flexibility index (Phi) is 4.31. The quantitative estimate of drug-likeness (QED) is 0.545. The van der Waals surface area contributed by atoms with Crippen molar-refractivity contribution in [2.75, 3.05) is 5.32 Å². The van der Waals surface area contributed by atoms with Crippen molar-refractivity contribution < 1.29 is 22.4 Å². The van der Waals surface area contributed by atoms with Gasteiger partial charge in [0.2, 0.25) is 0 Å². The monoisotopic (exact) mass is 417 g/mol. The number of amides is 1. The summed E-state index contributed by atoms with van der Waals surface area (Å²) in [7, 11) is 0.